The van der Waals surface area contributed by atoms with E-state index in [0.29, 0.717) is 11.5 Å². The van der Waals surface area contributed by atoms with Gasteiger partial charge in [0.2, 0.25) is 0 Å². The van der Waals surface area contributed by atoms with Crippen molar-refractivity contribution in [3.63, 3.8) is 0 Å². The zero-order valence-corrected chi connectivity index (χ0v) is 15.4. The first-order valence-corrected chi connectivity index (χ1v) is 8.86. The van der Waals surface area contributed by atoms with Crippen LogP contribution in [-0.4, -0.2) is 22.9 Å². The van der Waals surface area contributed by atoms with Crippen LogP contribution in [0.2, 0.25) is 0 Å². The molecule has 1 N–H and O–H groups in total. The number of nitriles is 1. The van der Waals surface area contributed by atoms with E-state index in [1.165, 1.54) is 16.8 Å². The highest BCUT2D eigenvalue weighted by atomic mass is 16.5. The second-order valence-corrected chi connectivity index (χ2v) is 6.91. The van der Waals surface area contributed by atoms with E-state index in [0.717, 1.165) is 25.3 Å². The minimum absolute atomic E-state index is 0.120. The van der Waals surface area contributed by atoms with Gasteiger partial charge in [-0.05, 0) is 44.9 Å². The quantitative estimate of drug-likeness (QED) is 0.908. The Morgan fingerprint density at radius 3 is 2.68 bits per heavy atom. The number of aryl methyl sites for hydroxylation is 2. The molecule has 0 aliphatic carbocycles. The first-order chi connectivity index (χ1) is 12.0. The third kappa shape index (κ3) is 3.60. The number of nitrogens with one attached hydrogen (secondary N) is 1. The third-order valence-electron chi connectivity index (χ3n) is 5.29. The second kappa shape index (κ2) is 7.38. The Morgan fingerprint density at radius 1 is 1.36 bits per heavy atom. The molecule has 0 radical (unpaired) electrons. The Bertz CT molecular complexity index is 772. The molecule has 1 saturated heterocycles. The molecule has 0 amide bonds. The van der Waals surface area contributed by atoms with Gasteiger partial charge in [0.05, 0.1) is 23.4 Å². The van der Waals surface area contributed by atoms with E-state index in [2.05, 4.69) is 37.3 Å². The summed E-state index contributed by atoms with van der Waals surface area (Å²) in [4.78, 5) is 0. The highest BCUT2D eigenvalue weighted by Gasteiger charge is 2.33. The predicted molar refractivity (Wildman–Crippen MR) is 97.1 cm³/mol. The summed E-state index contributed by atoms with van der Waals surface area (Å²) in [5, 5.41) is 17.1. The number of benzene rings is 1. The van der Waals surface area contributed by atoms with Crippen molar-refractivity contribution in [2.24, 2.45) is 13.0 Å². The lowest BCUT2D eigenvalue weighted by molar-refractivity contribution is 0.0888. The van der Waals surface area contributed by atoms with Crippen molar-refractivity contribution in [3.8, 4) is 6.07 Å². The molecule has 1 aromatic heterocycles. The van der Waals surface area contributed by atoms with E-state index in [1.54, 1.807) is 0 Å². The fraction of sp³-hybridized carbons (Fsp3) is 0.500. The summed E-state index contributed by atoms with van der Waals surface area (Å²) < 4.78 is 8.01. The van der Waals surface area contributed by atoms with Gasteiger partial charge in [-0.2, -0.15) is 10.4 Å². The van der Waals surface area contributed by atoms with Gasteiger partial charge < -0.3 is 10.1 Å². The van der Waals surface area contributed by atoms with E-state index in [-0.39, 0.29) is 12.1 Å². The molecule has 0 bridgehead atoms. The maximum atomic E-state index is 8.91. The van der Waals surface area contributed by atoms with Crippen LogP contribution in [0.4, 0.5) is 0 Å². The Morgan fingerprint density at radius 2 is 2.08 bits per heavy atom. The van der Waals surface area contributed by atoms with Crippen LogP contribution >= 0.6 is 0 Å². The molecule has 25 heavy (non-hydrogen) atoms. The van der Waals surface area contributed by atoms with Crippen molar-refractivity contribution in [1.82, 2.24) is 15.1 Å². The lowest BCUT2D eigenvalue weighted by atomic mass is 9.93. The molecule has 5 nitrogen and oxygen atoms in total. The molecule has 1 fully saturated rings. The van der Waals surface area contributed by atoms with Gasteiger partial charge in [-0.15, -0.1) is 0 Å². The molecule has 3 rings (SSSR count). The number of hydrogen-bond donors (Lipinski definition) is 1. The molecule has 5 heteroatoms. The molecule has 1 aliphatic rings. The number of rotatable bonds is 5. The first-order valence-electron chi connectivity index (χ1n) is 8.86. The number of nitrogens with zero attached hydrogens (tertiary/aromatic N) is 3. The third-order valence-corrected chi connectivity index (χ3v) is 5.29. The van der Waals surface area contributed by atoms with Gasteiger partial charge >= 0.3 is 0 Å². The second-order valence-electron chi connectivity index (χ2n) is 6.91. The van der Waals surface area contributed by atoms with Crippen LogP contribution < -0.4 is 5.32 Å². The van der Waals surface area contributed by atoms with Crippen molar-refractivity contribution in [2.75, 3.05) is 13.2 Å². The van der Waals surface area contributed by atoms with Crippen molar-refractivity contribution in [3.05, 3.63) is 52.3 Å². The zero-order chi connectivity index (χ0) is 18.0. The number of hydrogen-bond acceptors (Lipinski definition) is 4. The summed E-state index contributed by atoms with van der Waals surface area (Å²) >= 11 is 0. The highest BCUT2D eigenvalue weighted by molar-refractivity contribution is 5.33. The molecule has 1 aliphatic heterocycles. The monoisotopic (exact) mass is 338 g/mol. The summed E-state index contributed by atoms with van der Waals surface area (Å²) in [7, 11) is 1.99. The number of ether oxygens (including phenoxy) is 1. The largest absolute Gasteiger partial charge is 0.373 e. The van der Waals surface area contributed by atoms with Crippen LogP contribution in [0.5, 0.6) is 0 Å². The highest BCUT2D eigenvalue weighted by Crippen LogP contribution is 2.37. The van der Waals surface area contributed by atoms with Gasteiger partial charge in [0.1, 0.15) is 0 Å². The van der Waals surface area contributed by atoms with Crippen LogP contribution in [0.1, 0.15) is 53.6 Å². The van der Waals surface area contributed by atoms with E-state index < -0.39 is 0 Å². The summed E-state index contributed by atoms with van der Waals surface area (Å²) in [5.74, 6) is 0.447. The maximum absolute atomic E-state index is 8.91. The van der Waals surface area contributed by atoms with Crippen LogP contribution in [-0.2, 0) is 11.8 Å². The van der Waals surface area contributed by atoms with E-state index in [4.69, 9.17) is 10.00 Å². The maximum Gasteiger partial charge on any atom is 0.0991 e. The fourth-order valence-electron chi connectivity index (χ4n) is 3.66. The van der Waals surface area contributed by atoms with Crippen molar-refractivity contribution in [1.29, 1.82) is 5.26 Å². The minimum Gasteiger partial charge on any atom is -0.373 e. The molecule has 3 unspecified atom stereocenters. The zero-order valence-electron chi connectivity index (χ0n) is 15.4. The van der Waals surface area contributed by atoms with Gasteiger partial charge in [-0.3, -0.25) is 4.68 Å². The van der Waals surface area contributed by atoms with Crippen LogP contribution in [0.3, 0.4) is 0 Å². The standard InChI is InChI=1S/C20H26N4O/c1-13(17-7-5-16(11-21)6-8-17)22-12-18-9-10-25-20(18)19-14(2)23-24(4)15(19)3/h5-8,13,18,20,22H,9-10,12H2,1-4H3. The van der Waals surface area contributed by atoms with Crippen molar-refractivity contribution < 1.29 is 4.74 Å². The fourth-order valence-corrected chi connectivity index (χ4v) is 3.66. The van der Waals surface area contributed by atoms with Gasteiger partial charge in [-0.1, -0.05) is 12.1 Å². The Hall–Kier alpha value is -2.16. The number of aromatic nitrogens is 2. The molecule has 2 heterocycles. The van der Waals surface area contributed by atoms with Gasteiger partial charge in [0.15, 0.2) is 0 Å². The van der Waals surface area contributed by atoms with Crippen molar-refractivity contribution >= 4 is 0 Å². The normalized spacial score (nSPS) is 21.2. The lowest BCUT2D eigenvalue weighted by Gasteiger charge is -2.22. The summed E-state index contributed by atoms with van der Waals surface area (Å²) in [6.45, 7) is 8.04. The summed E-state index contributed by atoms with van der Waals surface area (Å²) in [6, 6.07) is 10.2. The molecule has 3 atom stereocenters. The molecular weight excluding hydrogens is 312 g/mol. The smallest absolute Gasteiger partial charge is 0.0991 e. The minimum atomic E-state index is 0.120. The average Bonchev–Trinajstić information content (AvgIpc) is 3.16. The SMILES string of the molecule is Cc1nn(C)c(C)c1C1OCCC1CNC(C)c1ccc(C#N)cc1. The molecule has 0 saturated carbocycles. The van der Waals surface area contributed by atoms with E-state index in [1.807, 2.05) is 36.0 Å². The van der Waals surface area contributed by atoms with Gasteiger partial charge in [0.25, 0.3) is 0 Å². The molecule has 2 aromatic rings. The Labute approximate surface area is 149 Å². The first kappa shape index (κ1) is 17.7. The molecule has 0 spiro atoms. The van der Waals surface area contributed by atoms with Crippen LogP contribution in [0.25, 0.3) is 0 Å². The Balaban J connectivity index is 1.66. The summed E-state index contributed by atoms with van der Waals surface area (Å²) in [5.41, 5.74) is 5.40. The van der Waals surface area contributed by atoms with E-state index >= 15 is 0 Å². The molecule has 1 aromatic carbocycles. The topological polar surface area (TPSA) is 62.9 Å². The van der Waals surface area contributed by atoms with E-state index in [9.17, 15) is 0 Å². The molecular formula is C20H26N4O. The Kier molecular flexibility index (Phi) is 5.22. The van der Waals surface area contributed by atoms with Gasteiger partial charge in [-0.25, -0.2) is 0 Å². The van der Waals surface area contributed by atoms with Crippen molar-refractivity contribution in [2.45, 2.75) is 39.3 Å². The van der Waals surface area contributed by atoms with Gasteiger partial charge in [0, 0.05) is 43.4 Å². The predicted octanol–water partition coefficient (Wildman–Crippen LogP) is 3.34. The summed E-state index contributed by atoms with van der Waals surface area (Å²) in [6.07, 6.45) is 1.18. The van der Waals surface area contributed by atoms with Crippen LogP contribution in [0.15, 0.2) is 24.3 Å². The van der Waals surface area contributed by atoms with Crippen LogP contribution in [0, 0.1) is 31.1 Å². The lowest BCUT2D eigenvalue weighted by Crippen LogP contribution is -2.27. The molecule has 132 valence electrons. The average molecular weight is 338 g/mol.